The molecule has 0 amide bonds. The lowest BCUT2D eigenvalue weighted by atomic mass is 9.76. The van der Waals surface area contributed by atoms with Crippen LogP contribution in [-0.2, 0) is 12.8 Å². The number of rotatable bonds is 5. The molecule has 1 fully saturated rings. The number of furan rings is 1. The van der Waals surface area contributed by atoms with Crippen molar-refractivity contribution in [3.63, 3.8) is 0 Å². The van der Waals surface area contributed by atoms with E-state index in [0.29, 0.717) is 29.5 Å². The second-order valence-electron chi connectivity index (χ2n) is 15.8. The molecule has 0 N–H and O–H groups in total. The molecule has 4 heteroatoms. The number of hydrogen-bond acceptors (Lipinski definition) is 2. The molecule has 0 saturated heterocycles. The molecule has 1 saturated carbocycles. The van der Waals surface area contributed by atoms with E-state index >= 15 is 0 Å². The van der Waals surface area contributed by atoms with Crippen molar-refractivity contribution in [2.24, 2.45) is 17.8 Å². The average molecular weight is 650 g/mol. The Bertz CT molecular complexity index is 2150. The van der Waals surface area contributed by atoms with E-state index in [4.69, 9.17) is 16.0 Å². The predicted molar refractivity (Wildman–Crippen MR) is 202 cm³/mol. The molecule has 0 spiro atoms. The normalized spacial score (nSPS) is 22.9. The van der Waals surface area contributed by atoms with E-state index in [-0.39, 0.29) is 6.04 Å². The van der Waals surface area contributed by atoms with E-state index in [9.17, 15) is 0 Å². The minimum absolute atomic E-state index is 0.278. The largest absolute Gasteiger partial charge is 0.437 e. The van der Waals surface area contributed by atoms with Crippen LogP contribution in [0.1, 0.15) is 93.7 Å². The molecule has 0 radical (unpaired) electrons. The van der Waals surface area contributed by atoms with Crippen LogP contribution in [0.5, 0.6) is 0 Å². The molecule has 2 aliphatic heterocycles. The van der Waals surface area contributed by atoms with Crippen LogP contribution in [0.4, 0.5) is 0 Å². The third-order valence-corrected chi connectivity index (χ3v) is 11.9. The molecule has 8 rings (SSSR count). The van der Waals surface area contributed by atoms with Gasteiger partial charge in [-0.2, -0.15) is 4.57 Å². The number of hydrogen-bond donors (Lipinski definition) is 0. The molecule has 5 atom stereocenters. The summed E-state index contributed by atoms with van der Waals surface area (Å²) in [6, 6.07) is 23.4. The summed E-state index contributed by atoms with van der Waals surface area (Å²) in [6.45, 7) is 20.9. The summed E-state index contributed by atoms with van der Waals surface area (Å²) >= 11 is 0. The van der Waals surface area contributed by atoms with Crippen molar-refractivity contribution in [2.45, 2.75) is 97.6 Å². The van der Waals surface area contributed by atoms with Crippen LogP contribution in [0.25, 0.3) is 39.0 Å². The van der Waals surface area contributed by atoms with Crippen molar-refractivity contribution in [1.29, 1.82) is 0 Å². The third-order valence-electron chi connectivity index (χ3n) is 11.9. The summed E-state index contributed by atoms with van der Waals surface area (Å²) in [4.78, 5) is 4.81. The summed E-state index contributed by atoms with van der Waals surface area (Å²) < 4.78 is 11.9. The Morgan fingerprint density at radius 1 is 1.00 bits per heavy atom. The van der Waals surface area contributed by atoms with Crippen molar-refractivity contribution < 1.29 is 13.6 Å². The minimum atomic E-state index is 0.278. The van der Waals surface area contributed by atoms with Gasteiger partial charge < -0.3 is 4.42 Å². The molecule has 4 nitrogen and oxygen atoms in total. The number of pyridine rings is 2. The van der Waals surface area contributed by atoms with Gasteiger partial charge in [0.05, 0.1) is 12.0 Å². The Labute approximate surface area is 291 Å². The van der Waals surface area contributed by atoms with Gasteiger partial charge >= 0.3 is 0 Å². The average Bonchev–Trinajstić information content (AvgIpc) is 3.69. The highest BCUT2D eigenvalue weighted by atomic mass is 16.3. The summed E-state index contributed by atoms with van der Waals surface area (Å²) in [5, 5.41) is 2.20. The minimum Gasteiger partial charge on any atom is -0.437 e. The lowest BCUT2D eigenvalue weighted by molar-refractivity contribution is -0.618. The first-order valence-electron chi connectivity index (χ1n) is 18.6. The third kappa shape index (κ3) is 5.48. The Morgan fingerprint density at radius 3 is 2.59 bits per heavy atom. The van der Waals surface area contributed by atoms with Gasteiger partial charge in [0, 0.05) is 52.1 Å². The van der Waals surface area contributed by atoms with E-state index in [0.717, 1.165) is 59.3 Å². The highest BCUT2D eigenvalue weighted by Gasteiger charge is 2.47. The van der Waals surface area contributed by atoms with Gasteiger partial charge in [-0.05, 0) is 99.3 Å². The predicted octanol–water partition coefficient (Wildman–Crippen LogP) is 10.2. The second-order valence-corrected chi connectivity index (χ2v) is 15.8. The fourth-order valence-corrected chi connectivity index (χ4v) is 9.62. The number of fused-ring (bicyclic) bond motifs is 10. The molecule has 1 aliphatic carbocycles. The SMILES string of the molecule is C=CC1=[N+](C(C)C2CCC(C)C2)C2CC(=C)[n+]3ccc(CC(C)C)cc3-c3c(ccc4c3oc3nc(C)ccc34)CCC2c2ccccc21. The number of benzene rings is 2. The molecule has 250 valence electrons. The fourth-order valence-electron chi connectivity index (χ4n) is 9.62. The Kier molecular flexibility index (Phi) is 8.17. The number of aryl methyl sites for hydroxylation is 2. The molecule has 0 bridgehead atoms. The van der Waals surface area contributed by atoms with Crippen molar-refractivity contribution in [3.05, 3.63) is 114 Å². The number of allylic oxidation sites excluding steroid dienone is 1. The van der Waals surface area contributed by atoms with Gasteiger partial charge in [0.15, 0.2) is 29.6 Å². The highest BCUT2D eigenvalue weighted by molar-refractivity contribution is 6.09. The van der Waals surface area contributed by atoms with Crippen molar-refractivity contribution in [2.75, 3.05) is 0 Å². The van der Waals surface area contributed by atoms with Crippen LogP contribution < -0.4 is 4.57 Å². The van der Waals surface area contributed by atoms with E-state index in [1.165, 1.54) is 58.5 Å². The molecular weight excluding hydrogens is 599 g/mol. The van der Waals surface area contributed by atoms with Crippen LogP contribution in [0, 0.1) is 24.7 Å². The lowest BCUT2D eigenvalue weighted by Crippen LogP contribution is -2.49. The van der Waals surface area contributed by atoms with Gasteiger partial charge in [-0.1, -0.05) is 64.1 Å². The Morgan fingerprint density at radius 2 is 1.82 bits per heavy atom. The van der Waals surface area contributed by atoms with Crippen LogP contribution in [0.3, 0.4) is 0 Å². The molecule has 2 aromatic carbocycles. The van der Waals surface area contributed by atoms with Crippen LogP contribution in [0.2, 0.25) is 0 Å². The maximum atomic E-state index is 6.74. The van der Waals surface area contributed by atoms with E-state index in [1.54, 1.807) is 0 Å². The van der Waals surface area contributed by atoms with Gasteiger partial charge in [-0.25, -0.2) is 9.56 Å². The zero-order valence-electron chi connectivity index (χ0n) is 30.0. The standard InChI is InChI=1S/C45H51N3O/c1-8-40-36-12-10-9-11-35(36)37-19-16-33-17-20-38-39-18-14-29(5)46-45(39)49-44(38)43(33)42-26-32(23-27(2)3)21-22-47(42)30(6)25-41(37)48(40)31(7)34-15-13-28(4)24-34/h8-12,14,17-18,20-22,26-28,31,34,37,41H,1,6,13,15-16,19,23-25H2,2-5,7H3/q+2. The van der Waals surface area contributed by atoms with Crippen molar-refractivity contribution in [1.82, 2.24) is 4.98 Å². The molecule has 5 aromatic rings. The zero-order chi connectivity index (χ0) is 34.0. The summed E-state index contributed by atoms with van der Waals surface area (Å²) in [6.07, 6.45) is 12.2. The maximum absolute atomic E-state index is 6.74. The van der Waals surface area contributed by atoms with E-state index < -0.39 is 0 Å². The molecule has 49 heavy (non-hydrogen) atoms. The summed E-state index contributed by atoms with van der Waals surface area (Å²) in [7, 11) is 0. The second kappa shape index (κ2) is 12.5. The first-order valence-corrected chi connectivity index (χ1v) is 18.6. The highest BCUT2D eigenvalue weighted by Crippen LogP contribution is 2.44. The summed E-state index contributed by atoms with van der Waals surface area (Å²) in [5.74, 6) is 2.38. The Balaban J connectivity index is 1.35. The molecule has 5 unspecified atom stereocenters. The van der Waals surface area contributed by atoms with E-state index in [1.807, 2.05) is 6.92 Å². The van der Waals surface area contributed by atoms with Crippen molar-refractivity contribution in [3.8, 4) is 11.3 Å². The van der Waals surface area contributed by atoms with Crippen LogP contribution in [-0.4, -0.2) is 27.4 Å². The van der Waals surface area contributed by atoms with Crippen LogP contribution in [0.15, 0.2) is 90.5 Å². The molecular formula is C45H51N3O+2. The van der Waals surface area contributed by atoms with Gasteiger partial charge in [0.25, 0.3) is 0 Å². The van der Waals surface area contributed by atoms with Crippen molar-refractivity contribution >= 4 is 33.5 Å². The first-order chi connectivity index (χ1) is 23.7. The van der Waals surface area contributed by atoms with Gasteiger partial charge in [0.1, 0.15) is 0 Å². The first kappa shape index (κ1) is 31.9. The van der Waals surface area contributed by atoms with Gasteiger partial charge in [-0.15, -0.1) is 0 Å². The zero-order valence-corrected chi connectivity index (χ0v) is 30.0. The lowest BCUT2D eigenvalue weighted by Gasteiger charge is -2.36. The molecule has 3 aromatic heterocycles. The van der Waals surface area contributed by atoms with Gasteiger partial charge in [0.2, 0.25) is 17.1 Å². The quantitative estimate of drug-likeness (QED) is 0.178. The topological polar surface area (TPSA) is 32.9 Å². The maximum Gasteiger partial charge on any atom is 0.227 e. The van der Waals surface area contributed by atoms with E-state index in [2.05, 4.69) is 116 Å². The number of aromatic nitrogens is 2. The monoisotopic (exact) mass is 649 g/mol. The number of nitrogens with zero attached hydrogens (tertiary/aromatic N) is 3. The smallest absolute Gasteiger partial charge is 0.227 e. The Hall–Kier alpha value is -4.31. The fraction of sp³-hybridized carbons (Fsp3) is 0.400. The summed E-state index contributed by atoms with van der Waals surface area (Å²) in [5.41, 5.74) is 12.8. The molecule has 5 heterocycles. The van der Waals surface area contributed by atoms with Crippen LogP contribution >= 0.6 is 0 Å². The van der Waals surface area contributed by atoms with Gasteiger partial charge in [-0.3, -0.25) is 0 Å². The molecule has 3 aliphatic rings.